The first kappa shape index (κ1) is 20.5. The van der Waals surface area contributed by atoms with E-state index in [0.717, 1.165) is 29.0 Å². The molecule has 148 valence electrons. The Labute approximate surface area is 170 Å². The molecule has 0 aliphatic heterocycles. The molecular weight excluding hydrogens is 370 g/mol. The largest absolute Gasteiger partial charge is 0.492 e. The standard InChI is InChI=1S/C22H27N3O2S/c1-2-3-6-22-25-20(16-28-22)17-7-9-19(10-8-17)27-13-12-24-15-21(26)18-5-4-11-23-14-18/h4-5,7-11,14,16,21,24,26H,2-3,6,12-13,15H2,1H3/t21-/m0/s1. The van der Waals surface area contributed by atoms with Crippen molar-refractivity contribution in [3.63, 3.8) is 0 Å². The third-order valence-electron chi connectivity index (χ3n) is 4.40. The van der Waals surface area contributed by atoms with Gasteiger partial charge in [0.05, 0.1) is 16.8 Å². The smallest absolute Gasteiger partial charge is 0.119 e. The minimum Gasteiger partial charge on any atom is -0.492 e. The molecule has 1 atom stereocenters. The molecule has 1 aromatic carbocycles. The average Bonchev–Trinajstić information content (AvgIpc) is 3.22. The van der Waals surface area contributed by atoms with E-state index >= 15 is 0 Å². The van der Waals surface area contributed by atoms with E-state index in [9.17, 15) is 5.11 Å². The van der Waals surface area contributed by atoms with E-state index in [-0.39, 0.29) is 0 Å². The van der Waals surface area contributed by atoms with Crippen LogP contribution in [0.5, 0.6) is 5.75 Å². The summed E-state index contributed by atoms with van der Waals surface area (Å²) < 4.78 is 5.77. The zero-order valence-corrected chi connectivity index (χ0v) is 17.0. The highest BCUT2D eigenvalue weighted by Gasteiger charge is 2.07. The van der Waals surface area contributed by atoms with Crippen LogP contribution in [-0.2, 0) is 6.42 Å². The molecule has 0 aliphatic rings. The van der Waals surface area contributed by atoms with Crippen molar-refractivity contribution in [3.05, 3.63) is 64.7 Å². The lowest BCUT2D eigenvalue weighted by Crippen LogP contribution is -2.26. The summed E-state index contributed by atoms with van der Waals surface area (Å²) >= 11 is 1.73. The maximum absolute atomic E-state index is 10.1. The summed E-state index contributed by atoms with van der Waals surface area (Å²) in [6.45, 7) is 3.87. The lowest BCUT2D eigenvalue weighted by molar-refractivity contribution is 0.171. The Morgan fingerprint density at radius 1 is 1.21 bits per heavy atom. The van der Waals surface area contributed by atoms with Crippen LogP contribution in [0.1, 0.15) is 36.4 Å². The Bertz CT molecular complexity index is 821. The summed E-state index contributed by atoms with van der Waals surface area (Å²) in [5.41, 5.74) is 2.96. The summed E-state index contributed by atoms with van der Waals surface area (Å²) in [6.07, 6.45) is 6.26. The van der Waals surface area contributed by atoms with Crippen LogP contribution in [0, 0.1) is 0 Å². The van der Waals surface area contributed by atoms with Crippen molar-refractivity contribution in [2.45, 2.75) is 32.3 Å². The Kier molecular flexibility index (Phi) is 7.96. The average molecular weight is 398 g/mol. The van der Waals surface area contributed by atoms with Crippen LogP contribution in [0.2, 0.25) is 0 Å². The predicted octanol–water partition coefficient (Wildman–Crippen LogP) is 4.25. The molecule has 3 rings (SSSR count). The zero-order valence-electron chi connectivity index (χ0n) is 16.2. The number of benzene rings is 1. The van der Waals surface area contributed by atoms with E-state index in [0.29, 0.717) is 19.7 Å². The molecule has 2 aromatic heterocycles. The number of thiazole rings is 1. The molecule has 0 saturated carbocycles. The number of rotatable bonds is 11. The van der Waals surface area contributed by atoms with Gasteiger partial charge in [-0.1, -0.05) is 19.4 Å². The van der Waals surface area contributed by atoms with Crippen molar-refractivity contribution in [3.8, 4) is 17.0 Å². The quantitative estimate of drug-likeness (QED) is 0.474. The van der Waals surface area contributed by atoms with Gasteiger partial charge in [0.2, 0.25) is 0 Å². The molecule has 0 unspecified atom stereocenters. The molecule has 2 heterocycles. The fourth-order valence-corrected chi connectivity index (χ4v) is 3.63. The number of hydrogen-bond acceptors (Lipinski definition) is 6. The fourth-order valence-electron chi connectivity index (χ4n) is 2.78. The van der Waals surface area contributed by atoms with Crippen molar-refractivity contribution in [2.75, 3.05) is 19.7 Å². The van der Waals surface area contributed by atoms with Gasteiger partial charge in [-0.2, -0.15) is 0 Å². The fraction of sp³-hybridized carbons (Fsp3) is 0.364. The second-order valence-corrected chi connectivity index (χ2v) is 7.55. The number of hydrogen-bond donors (Lipinski definition) is 2. The van der Waals surface area contributed by atoms with Gasteiger partial charge < -0.3 is 15.2 Å². The summed E-state index contributed by atoms with van der Waals surface area (Å²) in [4.78, 5) is 8.73. The number of nitrogens with one attached hydrogen (secondary N) is 1. The number of nitrogens with zero attached hydrogens (tertiary/aromatic N) is 2. The third-order valence-corrected chi connectivity index (χ3v) is 5.31. The Morgan fingerprint density at radius 2 is 2.07 bits per heavy atom. The van der Waals surface area contributed by atoms with Crippen molar-refractivity contribution in [1.29, 1.82) is 0 Å². The van der Waals surface area contributed by atoms with Gasteiger partial charge in [0.1, 0.15) is 12.4 Å². The van der Waals surface area contributed by atoms with Crippen molar-refractivity contribution >= 4 is 11.3 Å². The molecule has 0 amide bonds. The molecule has 0 aliphatic carbocycles. The van der Waals surface area contributed by atoms with Crippen molar-refractivity contribution < 1.29 is 9.84 Å². The van der Waals surface area contributed by atoms with E-state index in [1.165, 1.54) is 17.8 Å². The van der Waals surface area contributed by atoms with E-state index in [4.69, 9.17) is 9.72 Å². The number of aliphatic hydroxyl groups excluding tert-OH is 1. The van der Waals surface area contributed by atoms with Gasteiger partial charge in [0.25, 0.3) is 0 Å². The van der Waals surface area contributed by atoms with Gasteiger partial charge in [-0.25, -0.2) is 4.98 Å². The second kappa shape index (κ2) is 10.9. The predicted molar refractivity (Wildman–Crippen MR) is 114 cm³/mol. The van der Waals surface area contributed by atoms with Crippen LogP contribution in [0.3, 0.4) is 0 Å². The first-order chi connectivity index (χ1) is 13.8. The van der Waals surface area contributed by atoms with E-state index < -0.39 is 6.10 Å². The molecule has 6 heteroatoms. The second-order valence-electron chi connectivity index (χ2n) is 6.61. The normalized spacial score (nSPS) is 12.1. The minimum absolute atomic E-state index is 0.470. The van der Waals surface area contributed by atoms with Crippen LogP contribution >= 0.6 is 11.3 Å². The Balaban J connectivity index is 1.39. The van der Waals surface area contributed by atoms with Gasteiger partial charge in [-0.05, 0) is 43.2 Å². The molecule has 0 bridgehead atoms. The van der Waals surface area contributed by atoms with E-state index in [1.807, 2.05) is 36.4 Å². The topological polar surface area (TPSA) is 67.3 Å². The highest BCUT2D eigenvalue weighted by atomic mass is 32.1. The van der Waals surface area contributed by atoms with Crippen molar-refractivity contribution in [2.24, 2.45) is 0 Å². The van der Waals surface area contributed by atoms with Gasteiger partial charge >= 0.3 is 0 Å². The monoisotopic (exact) mass is 397 g/mol. The Hall–Kier alpha value is -2.28. The molecule has 0 saturated heterocycles. The molecule has 28 heavy (non-hydrogen) atoms. The number of aryl methyl sites for hydroxylation is 1. The number of ether oxygens (including phenoxy) is 1. The van der Waals surface area contributed by atoms with Crippen molar-refractivity contribution in [1.82, 2.24) is 15.3 Å². The lowest BCUT2D eigenvalue weighted by Gasteiger charge is -2.12. The molecule has 3 aromatic rings. The first-order valence-electron chi connectivity index (χ1n) is 9.72. The van der Waals surface area contributed by atoms with Gasteiger partial charge in [0, 0.05) is 42.0 Å². The summed E-state index contributed by atoms with van der Waals surface area (Å²) in [5, 5.41) is 16.6. The molecular formula is C22H27N3O2S. The highest BCUT2D eigenvalue weighted by Crippen LogP contribution is 2.25. The SMILES string of the molecule is CCCCc1nc(-c2ccc(OCCNC[C@H](O)c3cccnc3)cc2)cs1. The van der Waals surface area contributed by atoms with Gasteiger partial charge in [-0.3, -0.25) is 4.98 Å². The molecule has 0 spiro atoms. The molecule has 2 N–H and O–H groups in total. The highest BCUT2D eigenvalue weighted by molar-refractivity contribution is 7.09. The molecule has 0 fully saturated rings. The lowest BCUT2D eigenvalue weighted by atomic mass is 10.1. The zero-order chi connectivity index (χ0) is 19.6. The van der Waals surface area contributed by atoms with Crippen LogP contribution in [0.15, 0.2) is 54.2 Å². The van der Waals surface area contributed by atoms with Crippen LogP contribution in [-0.4, -0.2) is 34.8 Å². The number of pyridine rings is 1. The Morgan fingerprint density at radius 3 is 2.82 bits per heavy atom. The number of aromatic nitrogens is 2. The minimum atomic E-state index is -0.562. The molecule has 0 radical (unpaired) electrons. The van der Waals surface area contributed by atoms with E-state index in [1.54, 1.807) is 23.7 Å². The number of aliphatic hydroxyl groups is 1. The third kappa shape index (κ3) is 6.12. The molecule has 5 nitrogen and oxygen atoms in total. The van der Waals surface area contributed by atoms with Gasteiger partial charge in [0.15, 0.2) is 0 Å². The summed E-state index contributed by atoms with van der Waals surface area (Å²) in [6, 6.07) is 11.7. The summed E-state index contributed by atoms with van der Waals surface area (Å²) in [5.74, 6) is 0.833. The van der Waals surface area contributed by atoms with Crippen LogP contribution in [0.25, 0.3) is 11.3 Å². The maximum Gasteiger partial charge on any atom is 0.119 e. The first-order valence-corrected chi connectivity index (χ1v) is 10.6. The summed E-state index contributed by atoms with van der Waals surface area (Å²) in [7, 11) is 0. The van der Waals surface area contributed by atoms with Gasteiger partial charge in [-0.15, -0.1) is 11.3 Å². The number of unbranched alkanes of at least 4 members (excludes halogenated alkanes) is 1. The van der Waals surface area contributed by atoms with E-state index in [2.05, 4.69) is 22.6 Å². The van der Waals surface area contributed by atoms with Crippen LogP contribution < -0.4 is 10.1 Å². The van der Waals surface area contributed by atoms with Crippen LogP contribution in [0.4, 0.5) is 0 Å². The maximum atomic E-state index is 10.1.